The fourth-order valence-electron chi connectivity index (χ4n) is 3.37. The number of amides is 2. The van der Waals surface area contributed by atoms with E-state index < -0.39 is 11.8 Å². The molecule has 1 saturated heterocycles. The minimum atomic E-state index is -0.429. The Morgan fingerprint density at radius 2 is 1.93 bits per heavy atom. The molecule has 0 bridgehead atoms. The molecule has 0 aliphatic carbocycles. The number of hydrogen-bond acceptors (Lipinski definition) is 5. The van der Waals surface area contributed by atoms with Crippen molar-refractivity contribution in [2.45, 2.75) is 39.5 Å². The highest BCUT2D eigenvalue weighted by molar-refractivity contribution is 5.99. The minimum absolute atomic E-state index is 0.185. The first kappa shape index (κ1) is 20.6. The van der Waals surface area contributed by atoms with Gasteiger partial charge in [0, 0.05) is 19.3 Å². The van der Waals surface area contributed by atoms with Gasteiger partial charge in [-0.15, -0.1) is 0 Å². The second-order valence-corrected chi connectivity index (χ2v) is 7.56. The van der Waals surface area contributed by atoms with Gasteiger partial charge in [-0.05, 0) is 55.0 Å². The summed E-state index contributed by atoms with van der Waals surface area (Å²) in [4.78, 5) is 31.2. The van der Waals surface area contributed by atoms with Crippen molar-refractivity contribution in [1.82, 2.24) is 15.8 Å². The van der Waals surface area contributed by atoms with Crippen LogP contribution in [0.2, 0.25) is 0 Å². The number of nitrogens with zero attached hydrogens (tertiary/aromatic N) is 2. The first-order valence-corrected chi connectivity index (χ1v) is 9.98. The van der Waals surface area contributed by atoms with Crippen LogP contribution in [0.15, 0.2) is 36.5 Å². The second kappa shape index (κ2) is 9.41. The van der Waals surface area contributed by atoms with Crippen LogP contribution in [0.1, 0.15) is 54.1 Å². The van der Waals surface area contributed by atoms with E-state index in [-0.39, 0.29) is 12.5 Å². The topological polar surface area (TPSA) is 83.6 Å². The van der Waals surface area contributed by atoms with Gasteiger partial charge in [-0.25, -0.2) is 4.98 Å². The average molecular weight is 396 g/mol. The summed E-state index contributed by atoms with van der Waals surface area (Å²) in [5.74, 6) is 0.787. The zero-order valence-corrected chi connectivity index (χ0v) is 17.2. The number of carbonyl (C=O) groups is 2. The number of pyridine rings is 1. The van der Waals surface area contributed by atoms with Crippen molar-refractivity contribution in [3.8, 4) is 5.75 Å². The summed E-state index contributed by atoms with van der Waals surface area (Å²) in [7, 11) is 0. The minimum Gasteiger partial charge on any atom is -0.483 e. The molecule has 154 valence electrons. The standard InChI is InChI=1S/C22H28N4O3/c1-15(2)17-9-8-16(3)13-19(17)29-14-20(27)24-25-22(28)18-7-6-10-23-21(18)26-11-4-5-12-26/h6-10,13,15H,4-5,11-12,14H2,1-3H3,(H,24,27)(H,25,28). The highest BCUT2D eigenvalue weighted by atomic mass is 16.5. The Labute approximate surface area is 171 Å². The zero-order chi connectivity index (χ0) is 20.8. The SMILES string of the molecule is Cc1ccc(C(C)C)c(OCC(=O)NNC(=O)c2cccnc2N2CCCC2)c1. The summed E-state index contributed by atoms with van der Waals surface area (Å²) in [5, 5.41) is 0. The lowest BCUT2D eigenvalue weighted by atomic mass is 10.0. The van der Waals surface area contributed by atoms with Gasteiger partial charge in [0.05, 0.1) is 5.56 Å². The van der Waals surface area contributed by atoms with Crippen molar-refractivity contribution >= 4 is 17.6 Å². The molecule has 29 heavy (non-hydrogen) atoms. The predicted octanol–water partition coefficient (Wildman–Crippen LogP) is 2.95. The number of carbonyl (C=O) groups excluding carboxylic acids is 2. The lowest BCUT2D eigenvalue weighted by Gasteiger charge is -2.19. The molecule has 1 fully saturated rings. The third-order valence-corrected chi connectivity index (χ3v) is 4.90. The Balaban J connectivity index is 1.57. The number of nitrogens with one attached hydrogen (secondary N) is 2. The van der Waals surface area contributed by atoms with Crippen LogP contribution in [-0.4, -0.2) is 36.5 Å². The number of rotatable bonds is 6. The Kier molecular flexibility index (Phi) is 6.69. The number of aryl methyl sites for hydroxylation is 1. The smallest absolute Gasteiger partial charge is 0.276 e. The largest absolute Gasteiger partial charge is 0.483 e. The molecule has 0 spiro atoms. The van der Waals surface area contributed by atoms with E-state index >= 15 is 0 Å². The van der Waals surface area contributed by atoms with Crippen molar-refractivity contribution in [2.24, 2.45) is 0 Å². The number of hydrazine groups is 1. The maximum Gasteiger partial charge on any atom is 0.276 e. The van der Waals surface area contributed by atoms with Gasteiger partial charge in [-0.1, -0.05) is 26.0 Å². The molecule has 1 aliphatic heterocycles. The number of benzene rings is 1. The normalized spacial score (nSPS) is 13.4. The van der Waals surface area contributed by atoms with Crippen LogP contribution in [0, 0.1) is 6.92 Å². The lowest BCUT2D eigenvalue weighted by Crippen LogP contribution is -2.44. The molecule has 2 amide bonds. The van der Waals surface area contributed by atoms with Crippen LogP contribution in [0.5, 0.6) is 5.75 Å². The van der Waals surface area contributed by atoms with Gasteiger partial charge in [0.15, 0.2) is 6.61 Å². The van der Waals surface area contributed by atoms with Gasteiger partial charge >= 0.3 is 0 Å². The lowest BCUT2D eigenvalue weighted by molar-refractivity contribution is -0.123. The molecule has 7 heteroatoms. The number of hydrogen-bond donors (Lipinski definition) is 2. The summed E-state index contributed by atoms with van der Waals surface area (Å²) >= 11 is 0. The van der Waals surface area contributed by atoms with E-state index in [1.807, 2.05) is 25.1 Å². The Morgan fingerprint density at radius 1 is 1.17 bits per heavy atom. The monoisotopic (exact) mass is 396 g/mol. The van der Waals surface area contributed by atoms with Crippen LogP contribution in [0.3, 0.4) is 0 Å². The Morgan fingerprint density at radius 3 is 2.66 bits per heavy atom. The zero-order valence-electron chi connectivity index (χ0n) is 17.2. The van der Waals surface area contributed by atoms with E-state index in [1.165, 1.54) is 0 Å². The van der Waals surface area contributed by atoms with E-state index in [0.29, 0.717) is 17.1 Å². The summed E-state index contributed by atoms with van der Waals surface area (Å²) in [6.45, 7) is 7.70. The van der Waals surface area contributed by atoms with Crippen molar-refractivity contribution in [3.05, 3.63) is 53.2 Å². The molecule has 2 N–H and O–H groups in total. The quantitative estimate of drug-likeness (QED) is 0.734. The Bertz CT molecular complexity index is 876. The van der Waals surface area contributed by atoms with E-state index in [1.54, 1.807) is 18.3 Å². The van der Waals surface area contributed by atoms with E-state index in [2.05, 4.69) is 34.6 Å². The summed E-state index contributed by atoms with van der Waals surface area (Å²) in [5.41, 5.74) is 7.43. The highest BCUT2D eigenvalue weighted by Gasteiger charge is 2.21. The molecule has 7 nitrogen and oxygen atoms in total. The van der Waals surface area contributed by atoms with Gasteiger partial charge in [-0.2, -0.15) is 0 Å². The molecule has 1 aromatic heterocycles. The van der Waals surface area contributed by atoms with Crippen LogP contribution in [-0.2, 0) is 4.79 Å². The fourth-order valence-corrected chi connectivity index (χ4v) is 3.37. The molecule has 1 aromatic carbocycles. The van der Waals surface area contributed by atoms with Crippen molar-refractivity contribution < 1.29 is 14.3 Å². The van der Waals surface area contributed by atoms with Crippen molar-refractivity contribution in [3.63, 3.8) is 0 Å². The van der Waals surface area contributed by atoms with Gasteiger partial charge in [0.1, 0.15) is 11.6 Å². The third kappa shape index (κ3) is 5.25. The Hall–Kier alpha value is -3.09. The molecule has 3 rings (SSSR count). The summed E-state index contributed by atoms with van der Waals surface area (Å²) in [6, 6.07) is 9.37. The van der Waals surface area contributed by atoms with E-state index in [4.69, 9.17) is 4.74 Å². The predicted molar refractivity (Wildman–Crippen MR) is 112 cm³/mol. The number of aromatic nitrogens is 1. The number of ether oxygens (including phenoxy) is 1. The second-order valence-electron chi connectivity index (χ2n) is 7.56. The molecule has 0 atom stereocenters. The van der Waals surface area contributed by atoms with Gasteiger partial charge in [0.25, 0.3) is 11.8 Å². The molecular formula is C22H28N4O3. The van der Waals surface area contributed by atoms with Gasteiger partial charge in [-0.3, -0.25) is 20.4 Å². The number of anilines is 1. The molecule has 0 unspecified atom stereocenters. The first-order chi connectivity index (χ1) is 14.0. The summed E-state index contributed by atoms with van der Waals surface area (Å²) < 4.78 is 5.70. The first-order valence-electron chi connectivity index (χ1n) is 9.98. The van der Waals surface area contributed by atoms with Gasteiger partial charge < -0.3 is 9.64 Å². The molecule has 2 heterocycles. The van der Waals surface area contributed by atoms with Crippen LogP contribution in [0.25, 0.3) is 0 Å². The molecular weight excluding hydrogens is 368 g/mol. The molecule has 0 saturated carbocycles. The van der Waals surface area contributed by atoms with Crippen molar-refractivity contribution in [1.29, 1.82) is 0 Å². The maximum absolute atomic E-state index is 12.6. The van der Waals surface area contributed by atoms with Gasteiger partial charge in [0.2, 0.25) is 0 Å². The van der Waals surface area contributed by atoms with Crippen LogP contribution < -0.4 is 20.5 Å². The van der Waals surface area contributed by atoms with Crippen LogP contribution in [0.4, 0.5) is 5.82 Å². The highest BCUT2D eigenvalue weighted by Crippen LogP contribution is 2.27. The molecule has 0 radical (unpaired) electrons. The molecule has 1 aliphatic rings. The average Bonchev–Trinajstić information content (AvgIpc) is 3.25. The van der Waals surface area contributed by atoms with Crippen molar-refractivity contribution in [2.75, 3.05) is 24.6 Å². The molecule has 2 aromatic rings. The maximum atomic E-state index is 12.6. The summed E-state index contributed by atoms with van der Waals surface area (Å²) in [6.07, 6.45) is 3.84. The fraction of sp³-hybridized carbons (Fsp3) is 0.409. The van der Waals surface area contributed by atoms with E-state index in [9.17, 15) is 9.59 Å². The third-order valence-electron chi connectivity index (χ3n) is 4.90. The van der Waals surface area contributed by atoms with E-state index in [0.717, 1.165) is 37.1 Å². The van der Waals surface area contributed by atoms with Crippen LogP contribution >= 0.6 is 0 Å².